The van der Waals surface area contributed by atoms with Gasteiger partial charge in [-0.1, -0.05) is 24.3 Å². The van der Waals surface area contributed by atoms with Crippen LogP contribution in [0.25, 0.3) is 0 Å². The Bertz CT molecular complexity index is 1100. The highest BCUT2D eigenvalue weighted by atomic mass is 35.9. The number of halogens is 4. The quantitative estimate of drug-likeness (QED) is 0.298. The summed E-state index contributed by atoms with van der Waals surface area (Å²) < 4.78 is 29.0. The van der Waals surface area contributed by atoms with Gasteiger partial charge in [0.15, 0.2) is 0 Å². The summed E-state index contributed by atoms with van der Waals surface area (Å²) >= 11 is 26.6. The van der Waals surface area contributed by atoms with E-state index in [1.54, 1.807) is 0 Å². The largest absolute Gasteiger partial charge is 0.257 e. The highest BCUT2D eigenvalue weighted by molar-refractivity contribution is 8.19. The Balaban J connectivity index is 1.90. The maximum Gasteiger partial charge on any atom is 0.257 e. The minimum absolute atomic E-state index is 0.721. The molecular weight excluding hydrogens is 546 g/mol. The van der Waals surface area contributed by atoms with Crippen molar-refractivity contribution < 1.29 is 0 Å². The van der Waals surface area contributed by atoms with Crippen molar-refractivity contribution in [3.8, 4) is 0 Å². The van der Waals surface area contributed by atoms with Crippen LogP contribution in [0.5, 0.6) is 0 Å². The van der Waals surface area contributed by atoms with E-state index in [0.717, 1.165) is 39.3 Å². The van der Waals surface area contributed by atoms with Crippen LogP contribution in [0, 0.1) is 0 Å². The van der Waals surface area contributed by atoms with Gasteiger partial charge in [-0.15, -0.1) is 0 Å². The van der Waals surface area contributed by atoms with Gasteiger partial charge in [-0.05, 0) is 70.2 Å². The lowest BCUT2D eigenvalue weighted by molar-refractivity contribution is 0.468. The molecule has 4 heterocycles. The fraction of sp³-hybridized carbons (Fsp3) is 0.571. The van der Waals surface area contributed by atoms with E-state index >= 15 is 0 Å². The number of nitrogens with zero attached hydrogens (tertiary/aromatic N) is 8. The fourth-order valence-electron chi connectivity index (χ4n) is 4.23. The predicted octanol–water partition coefficient (Wildman–Crippen LogP) is 7.95. The molecule has 4 aliphatic rings. The Hall–Kier alpha value is 1.14. The van der Waals surface area contributed by atoms with Crippen molar-refractivity contribution in [3.63, 3.8) is 0 Å². The zero-order chi connectivity index (χ0) is 21.4. The van der Waals surface area contributed by atoms with Crippen LogP contribution in [0.3, 0.4) is 0 Å². The fourth-order valence-corrected chi connectivity index (χ4v) is 25.8. The highest BCUT2D eigenvalue weighted by Gasteiger charge is 2.49. The van der Waals surface area contributed by atoms with Crippen molar-refractivity contribution >= 4 is 71.8 Å². The van der Waals surface area contributed by atoms with E-state index in [-0.39, 0.29) is 0 Å². The lowest BCUT2D eigenvalue weighted by Gasteiger charge is -2.39. The number of benzene rings is 1. The molecule has 0 amide bonds. The second kappa shape index (κ2) is 7.84. The Labute approximate surface area is 196 Å². The van der Waals surface area contributed by atoms with E-state index in [2.05, 4.69) is 47.5 Å². The molecule has 0 radical (unpaired) electrons. The van der Waals surface area contributed by atoms with Crippen molar-refractivity contribution in [2.75, 3.05) is 40.3 Å². The zero-order valence-corrected chi connectivity index (χ0v) is 23.0. The first-order valence-corrected chi connectivity index (χ1v) is 19.6. The van der Waals surface area contributed by atoms with Crippen molar-refractivity contribution in [1.29, 1.82) is 0 Å². The van der Waals surface area contributed by atoms with Crippen LogP contribution >= 0.6 is 71.8 Å². The van der Waals surface area contributed by atoms with E-state index in [1.807, 2.05) is 14.1 Å². The molecule has 2 spiro atoms. The molecule has 1 aromatic carbocycles. The Morgan fingerprint density at radius 1 is 0.700 bits per heavy atom. The number of hydrogen-bond acceptors (Lipinski definition) is 8. The average molecular weight is 568 g/mol. The normalized spacial score (nSPS) is 36.2. The van der Waals surface area contributed by atoms with Crippen LogP contribution in [0.15, 0.2) is 42.3 Å². The first-order chi connectivity index (χ1) is 14.0. The van der Waals surface area contributed by atoms with Crippen LogP contribution in [0.2, 0.25) is 0 Å². The van der Waals surface area contributed by atoms with Crippen molar-refractivity contribution in [3.05, 3.63) is 35.4 Å². The predicted molar refractivity (Wildman–Crippen MR) is 133 cm³/mol. The minimum Gasteiger partial charge on any atom is -0.241 e. The summed E-state index contributed by atoms with van der Waals surface area (Å²) in [4.78, 5) is 0. The van der Waals surface area contributed by atoms with E-state index in [1.165, 1.54) is 11.1 Å². The van der Waals surface area contributed by atoms with Gasteiger partial charge in [0.25, 0.3) is 11.8 Å². The third kappa shape index (κ3) is 3.88. The second-order valence-electron chi connectivity index (χ2n) is 7.70. The smallest absolute Gasteiger partial charge is 0.241 e. The lowest BCUT2D eigenvalue weighted by Crippen LogP contribution is -2.22. The van der Waals surface area contributed by atoms with E-state index in [4.69, 9.17) is 58.5 Å². The lowest BCUT2D eigenvalue weighted by atomic mass is 10.1. The maximum absolute atomic E-state index is 6.66. The Morgan fingerprint density at radius 3 is 1.77 bits per heavy atom. The zero-order valence-electron chi connectivity index (χ0n) is 16.4. The van der Waals surface area contributed by atoms with Crippen LogP contribution < -0.4 is 0 Å². The SMILES string of the molecule is CN1CCN2Cc3cccc(c3)CN3CCN(C)P34=NP12=NP(Cl)(Cl)=NP(Cl)(Cl)=N4. The minimum atomic E-state index is -3.17. The third-order valence-corrected chi connectivity index (χ3v) is 22.3. The van der Waals surface area contributed by atoms with Gasteiger partial charge >= 0.3 is 0 Å². The molecule has 4 bridgehead atoms. The van der Waals surface area contributed by atoms with E-state index in [0.29, 0.717) is 0 Å². The van der Waals surface area contributed by atoms with Gasteiger partial charge in [0, 0.05) is 39.3 Å². The summed E-state index contributed by atoms with van der Waals surface area (Å²) in [5, 5.41) is 0. The summed E-state index contributed by atoms with van der Waals surface area (Å²) in [5.74, 6) is -6.33. The molecule has 2 atom stereocenters. The number of rotatable bonds is 0. The van der Waals surface area contributed by atoms with Gasteiger partial charge in [-0.2, -0.15) is 18.1 Å². The first kappa shape index (κ1) is 22.9. The molecule has 2 unspecified atom stereocenters. The maximum atomic E-state index is 6.66. The highest BCUT2D eigenvalue weighted by Crippen LogP contribution is 2.87. The average Bonchev–Trinajstić information content (AvgIpc) is 3.05. The number of fused-ring (bicyclic) bond motifs is 2. The van der Waals surface area contributed by atoms with E-state index in [9.17, 15) is 0 Å². The Kier molecular flexibility index (Phi) is 5.99. The van der Waals surface area contributed by atoms with Crippen molar-refractivity contribution in [2.45, 2.75) is 13.1 Å². The molecule has 1 aromatic rings. The van der Waals surface area contributed by atoms with Crippen LogP contribution in [-0.4, -0.2) is 59.0 Å². The number of hydrogen-bond donors (Lipinski definition) is 0. The molecule has 0 N–H and O–H groups in total. The molecule has 0 aromatic heterocycles. The van der Waals surface area contributed by atoms with Gasteiger partial charge < -0.3 is 0 Å². The molecule has 5 rings (SSSR count). The second-order valence-corrected chi connectivity index (χ2v) is 23.7. The van der Waals surface area contributed by atoms with Gasteiger partial charge in [-0.3, -0.25) is 0 Å². The van der Waals surface area contributed by atoms with Crippen molar-refractivity contribution in [1.82, 2.24) is 18.7 Å². The van der Waals surface area contributed by atoms with Gasteiger partial charge in [0.1, 0.15) is 0 Å². The van der Waals surface area contributed by atoms with Gasteiger partial charge in [-0.25, -0.2) is 18.7 Å². The van der Waals surface area contributed by atoms with Crippen molar-refractivity contribution in [2.24, 2.45) is 18.1 Å². The standard InChI is InChI=1S/C14H22Cl4N8P4/c1-23-6-8-25-11-13-4-3-5-14(10-13)12-26-9-7-24(2)30(26)21-28(17,18)19-27(15,16)20-29(23,25)22-30/h3-5,10H,6-9,11-12H2,1-2H3. The van der Waals surface area contributed by atoms with Crippen LogP contribution in [-0.2, 0) is 13.1 Å². The molecule has 8 nitrogen and oxygen atoms in total. The molecule has 4 aliphatic heterocycles. The molecule has 2 fully saturated rings. The topological polar surface area (TPSA) is 62.4 Å². The third-order valence-electron chi connectivity index (χ3n) is 5.67. The Morgan fingerprint density at radius 2 is 1.20 bits per heavy atom. The van der Waals surface area contributed by atoms with Gasteiger partial charge in [0.2, 0.25) is 15.0 Å². The summed E-state index contributed by atoms with van der Waals surface area (Å²) in [6, 6.07) is 8.67. The van der Waals surface area contributed by atoms with Gasteiger partial charge in [0.05, 0.1) is 0 Å². The summed E-state index contributed by atoms with van der Waals surface area (Å²) in [5.41, 5.74) is 2.46. The number of likely N-dealkylation sites (N-methyl/N-ethyl adjacent to an activating group) is 2. The molecule has 2 saturated heterocycles. The van der Waals surface area contributed by atoms with Crippen LogP contribution in [0.4, 0.5) is 0 Å². The molecule has 16 heteroatoms. The van der Waals surface area contributed by atoms with Crippen LogP contribution in [0.1, 0.15) is 11.1 Å². The summed E-state index contributed by atoms with van der Waals surface area (Å²) in [6.07, 6.45) is 0. The first-order valence-electron chi connectivity index (χ1n) is 9.40. The molecule has 30 heavy (non-hydrogen) atoms. The monoisotopic (exact) mass is 566 g/mol. The summed E-state index contributed by atoms with van der Waals surface area (Å²) in [6.45, 7) is 4.72. The summed E-state index contributed by atoms with van der Waals surface area (Å²) in [7, 11) is -1.19. The molecule has 166 valence electrons. The molecule has 0 saturated carbocycles. The molecular formula is C14H22Cl4N8P4. The van der Waals surface area contributed by atoms with E-state index < -0.39 is 26.8 Å². The molecule has 0 aliphatic carbocycles.